The van der Waals surface area contributed by atoms with E-state index in [9.17, 15) is 19.2 Å². The maximum Gasteiger partial charge on any atom is 0.356 e. The fraction of sp³-hybridized carbons (Fsp3) is 0.250. The van der Waals surface area contributed by atoms with E-state index in [1.165, 1.54) is 12.7 Å². The number of nitrogens with zero attached hydrogens (tertiary/aromatic N) is 4. The molecule has 0 fully saturated rings. The van der Waals surface area contributed by atoms with Gasteiger partial charge in [-0.3, -0.25) is 4.79 Å². The third-order valence-corrected chi connectivity index (χ3v) is 4.91. The Labute approximate surface area is 186 Å². The number of aromatic carboxylic acids is 1. The van der Waals surface area contributed by atoms with Gasteiger partial charge in [0, 0.05) is 12.1 Å². The van der Waals surface area contributed by atoms with Gasteiger partial charge in [0.2, 0.25) is 0 Å². The predicted molar refractivity (Wildman–Crippen MR) is 111 cm³/mol. The minimum atomic E-state index is -1.38. The molecule has 0 bridgehead atoms. The van der Waals surface area contributed by atoms with Crippen LogP contribution in [0.25, 0.3) is 5.65 Å². The number of nitrogens with two attached hydrogens (primary N) is 2. The van der Waals surface area contributed by atoms with Crippen molar-refractivity contribution in [1.29, 1.82) is 0 Å². The normalized spacial score (nSPS) is 14.1. The molecule has 1 aliphatic rings. The zero-order chi connectivity index (χ0) is 24.3. The van der Waals surface area contributed by atoms with Gasteiger partial charge in [0.15, 0.2) is 22.7 Å². The van der Waals surface area contributed by atoms with Crippen molar-refractivity contribution < 1.29 is 33.8 Å². The number of carboxylic acids is 1. The van der Waals surface area contributed by atoms with Gasteiger partial charge in [-0.2, -0.15) is 4.52 Å². The summed E-state index contributed by atoms with van der Waals surface area (Å²) in [7, 11) is 2.50. The summed E-state index contributed by atoms with van der Waals surface area (Å²) in [5.41, 5.74) is 12.6. The van der Waals surface area contributed by atoms with E-state index in [1.807, 2.05) is 12.1 Å². The minimum absolute atomic E-state index is 0.136. The molecule has 3 aromatic rings. The van der Waals surface area contributed by atoms with Crippen molar-refractivity contribution in [3.63, 3.8) is 0 Å². The first kappa shape index (κ1) is 23.3. The number of aromatic nitrogens is 4. The number of primary amides is 1. The second-order valence-electron chi connectivity index (χ2n) is 6.91. The van der Waals surface area contributed by atoms with Crippen LogP contribution in [0.5, 0.6) is 0 Å². The minimum Gasteiger partial charge on any atom is -0.477 e. The van der Waals surface area contributed by atoms with Crippen LogP contribution in [0.2, 0.25) is 0 Å². The van der Waals surface area contributed by atoms with E-state index in [0.717, 1.165) is 36.1 Å². The van der Waals surface area contributed by atoms with Gasteiger partial charge >= 0.3 is 17.9 Å². The number of carbonyl (C=O) groups is 4. The van der Waals surface area contributed by atoms with Crippen LogP contribution in [0.3, 0.4) is 0 Å². The molecule has 172 valence electrons. The molecular weight excluding hydrogens is 436 g/mol. The van der Waals surface area contributed by atoms with Crippen LogP contribution in [-0.2, 0) is 15.9 Å². The van der Waals surface area contributed by atoms with E-state index in [-0.39, 0.29) is 29.0 Å². The highest BCUT2D eigenvalue weighted by molar-refractivity contribution is 5.99. The SMILES string of the molecule is COC(=O)c1cc(C(=O)O)nc2c(C(N)=O)nnn12.COC(=O)c1ccc2c(c1)CC[C@@H]2N. The van der Waals surface area contributed by atoms with Gasteiger partial charge in [0.1, 0.15) is 0 Å². The van der Waals surface area contributed by atoms with Crippen LogP contribution in [0.4, 0.5) is 0 Å². The Hall–Kier alpha value is -4.39. The summed E-state index contributed by atoms with van der Waals surface area (Å²) in [4.78, 5) is 48.5. The largest absolute Gasteiger partial charge is 0.477 e. The molecule has 4 rings (SSSR count). The first-order valence-electron chi connectivity index (χ1n) is 9.52. The van der Waals surface area contributed by atoms with E-state index in [0.29, 0.717) is 5.56 Å². The number of ether oxygens (including phenoxy) is 2. The van der Waals surface area contributed by atoms with Crippen molar-refractivity contribution in [3.05, 3.63) is 58.0 Å². The summed E-state index contributed by atoms with van der Waals surface area (Å²) in [6.45, 7) is 0. The summed E-state index contributed by atoms with van der Waals surface area (Å²) in [6, 6.07) is 6.68. The molecule has 33 heavy (non-hydrogen) atoms. The summed E-state index contributed by atoms with van der Waals surface area (Å²) < 4.78 is 10.0. The van der Waals surface area contributed by atoms with Gasteiger partial charge in [-0.05, 0) is 36.1 Å². The van der Waals surface area contributed by atoms with E-state index in [1.54, 1.807) is 6.07 Å². The van der Waals surface area contributed by atoms with Gasteiger partial charge < -0.3 is 26.0 Å². The Kier molecular flexibility index (Phi) is 6.63. The number of amides is 1. The van der Waals surface area contributed by atoms with Gasteiger partial charge in [-0.1, -0.05) is 11.3 Å². The fourth-order valence-electron chi connectivity index (χ4n) is 3.29. The van der Waals surface area contributed by atoms with Gasteiger partial charge in [-0.25, -0.2) is 19.4 Å². The van der Waals surface area contributed by atoms with Crippen LogP contribution >= 0.6 is 0 Å². The molecule has 0 unspecified atom stereocenters. The molecule has 1 aromatic carbocycles. The van der Waals surface area contributed by atoms with Gasteiger partial charge in [0.05, 0.1) is 19.8 Å². The lowest BCUT2D eigenvalue weighted by atomic mass is 10.1. The maximum absolute atomic E-state index is 11.5. The highest BCUT2D eigenvalue weighted by Crippen LogP contribution is 2.29. The quantitative estimate of drug-likeness (QED) is 0.450. The highest BCUT2D eigenvalue weighted by atomic mass is 16.5. The van der Waals surface area contributed by atoms with Crippen molar-refractivity contribution in [2.45, 2.75) is 18.9 Å². The molecular formula is C20H20N6O7. The number of carboxylic acid groups (broad SMARTS) is 1. The summed E-state index contributed by atoms with van der Waals surface area (Å²) in [5, 5.41) is 15.9. The Balaban J connectivity index is 0.000000194. The number of esters is 2. The predicted octanol–water partition coefficient (Wildman–Crippen LogP) is 0.127. The first-order chi connectivity index (χ1) is 15.7. The van der Waals surface area contributed by atoms with Crippen LogP contribution in [-0.4, -0.2) is 63.0 Å². The zero-order valence-electron chi connectivity index (χ0n) is 17.6. The third kappa shape index (κ3) is 4.62. The Morgan fingerprint density at radius 3 is 2.42 bits per heavy atom. The zero-order valence-corrected chi connectivity index (χ0v) is 17.6. The number of hydrogen-bond acceptors (Lipinski definition) is 10. The van der Waals surface area contributed by atoms with Crippen molar-refractivity contribution in [2.24, 2.45) is 11.5 Å². The van der Waals surface area contributed by atoms with Crippen molar-refractivity contribution in [1.82, 2.24) is 19.8 Å². The molecule has 0 aliphatic heterocycles. The van der Waals surface area contributed by atoms with E-state index in [4.69, 9.17) is 16.6 Å². The summed E-state index contributed by atoms with van der Waals surface area (Å²) in [5.74, 6) is -3.46. The number of carbonyl (C=O) groups excluding carboxylic acids is 3. The standard InChI is InChI=1S/C11H13NO2.C9H7N5O5/c1-14-11(13)8-2-4-9-7(6-8)3-5-10(9)12;1-19-9(18)4-2-3(8(16)17)11-7-5(6(10)15)12-13-14(4)7/h2,4,6,10H,3,5,12H2,1H3;2H,1H3,(H2,10,15)(H,16,17)/t10-;/m0./s1. The van der Waals surface area contributed by atoms with Gasteiger partial charge in [-0.15, -0.1) is 5.10 Å². The number of fused-ring (bicyclic) bond motifs is 2. The molecule has 13 nitrogen and oxygen atoms in total. The molecule has 2 heterocycles. The van der Waals surface area contributed by atoms with Gasteiger partial charge in [0.25, 0.3) is 5.91 Å². The van der Waals surface area contributed by atoms with Crippen LogP contribution in [0.15, 0.2) is 24.3 Å². The first-order valence-corrected chi connectivity index (χ1v) is 9.52. The summed E-state index contributed by atoms with van der Waals surface area (Å²) in [6.07, 6.45) is 1.93. The fourth-order valence-corrected chi connectivity index (χ4v) is 3.29. The van der Waals surface area contributed by atoms with E-state index in [2.05, 4.69) is 24.8 Å². The molecule has 0 spiro atoms. The highest BCUT2D eigenvalue weighted by Gasteiger charge is 2.23. The topological polar surface area (TPSA) is 202 Å². The average Bonchev–Trinajstić information content (AvgIpc) is 3.41. The van der Waals surface area contributed by atoms with Crippen LogP contribution in [0, 0.1) is 0 Å². The van der Waals surface area contributed by atoms with E-state index < -0.39 is 23.5 Å². The molecule has 1 amide bonds. The van der Waals surface area contributed by atoms with Crippen LogP contribution < -0.4 is 11.5 Å². The molecule has 0 saturated carbocycles. The van der Waals surface area contributed by atoms with Crippen molar-refractivity contribution in [3.8, 4) is 0 Å². The lowest BCUT2D eigenvalue weighted by molar-refractivity contribution is 0.0584. The Bertz CT molecular complexity index is 1270. The second kappa shape index (κ2) is 9.40. The lowest BCUT2D eigenvalue weighted by Crippen LogP contribution is -2.16. The monoisotopic (exact) mass is 456 g/mol. The summed E-state index contributed by atoms with van der Waals surface area (Å²) >= 11 is 0. The molecule has 5 N–H and O–H groups in total. The maximum atomic E-state index is 11.5. The second-order valence-corrected chi connectivity index (χ2v) is 6.91. The number of benzene rings is 1. The third-order valence-electron chi connectivity index (χ3n) is 4.91. The Morgan fingerprint density at radius 2 is 1.82 bits per heavy atom. The average molecular weight is 456 g/mol. The molecule has 2 aromatic heterocycles. The number of methoxy groups -OCH3 is 2. The van der Waals surface area contributed by atoms with Crippen molar-refractivity contribution >= 4 is 29.5 Å². The van der Waals surface area contributed by atoms with Crippen LogP contribution in [0.1, 0.15) is 65.4 Å². The molecule has 0 radical (unpaired) electrons. The molecule has 1 aliphatic carbocycles. The van der Waals surface area contributed by atoms with E-state index >= 15 is 0 Å². The number of rotatable bonds is 4. The number of aryl methyl sites for hydroxylation is 1. The molecule has 0 saturated heterocycles. The Morgan fingerprint density at radius 1 is 1.12 bits per heavy atom. The van der Waals surface area contributed by atoms with Crippen molar-refractivity contribution in [2.75, 3.05) is 14.2 Å². The molecule has 13 heteroatoms. The number of hydrogen-bond donors (Lipinski definition) is 3. The molecule has 1 atom stereocenters. The lowest BCUT2D eigenvalue weighted by Gasteiger charge is -2.05. The smallest absolute Gasteiger partial charge is 0.356 e.